The largest absolute Gasteiger partial charge is 0.468 e. The summed E-state index contributed by atoms with van der Waals surface area (Å²) in [6, 6.07) is 19.7. The molecule has 0 saturated carbocycles. The van der Waals surface area contributed by atoms with Gasteiger partial charge in [-0.15, -0.1) is 11.8 Å². The highest BCUT2D eigenvalue weighted by atomic mass is 32.2. The fraction of sp³-hybridized carbons (Fsp3) is 0.235. The zero-order valence-electron chi connectivity index (χ0n) is 12.0. The van der Waals surface area contributed by atoms with E-state index in [2.05, 4.69) is 5.32 Å². The minimum absolute atomic E-state index is 0.227. The van der Waals surface area contributed by atoms with E-state index in [9.17, 15) is 4.79 Å². The summed E-state index contributed by atoms with van der Waals surface area (Å²) in [5, 5.41) is 3.26. The number of hydrogen-bond donors (Lipinski definition) is 1. The molecule has 0 fully saturated rings. The van der Waals surface area contributed by atoms with Gasteiger partial charge in [-0.2, -0.15) is 0 Å². The van der Waals surface area contributed by atoms with Gasteiger partial charge in [0.15, 0.2) is 0 Å². The van der Waals surface area contributed by atoms with Crippen molar-refractivity contribution in [2.45, 2.75) is 17.5 Å². The lowest BCUT2D eigenvalue weighted by Crippen LogP contribution is -2.39. The lowest BCUT2D eigenvalue weighted by Gasteiger charge is -2.16. The predicted octanol–water partition coefficient (Wildman–Crippen LogP) is 3.11. The molecule has 1 N–H and O–H groups in total. The second kappa shape index (κ2) is 8.49. The lowest BCUT2D eigenvalue weighted by atomic mass is 10.2. The van der Waals surface area contributed by atoms with Crippen LogP contribution in [0, 0.1) is 0 Å². The van der Waals surface area contributed by atoms with Crippen molar-refractivity contribution in [3.63, 3.8) is 0 Å². The first-order valence-corrected chi connectivity index (χ1v) is 7.81. The van der Waals surface area contributed by atoms with E-state index < -0.39 is 0 Å². The molecule has 0 aromatic heterocycles. The zero-order valence-corrected chi connectivity index (χ0v) is 12.8. The first kappa shape index (κ1) is 15.6. The number of nitrogens with one attached hydrogen (secondary N) is 1. The number of rotatable bonds is 7. The fourth-order valence-electron chi connectivity index (χ4n) is 1.89. The van der Waals surface area contributed by atoms with E-state index in [1.807, 2.05) is 60.7 Å². The van der Waals surface area contributed by atoms with Crippen molar-refractivity contribution in [2.75, 3.05) is 12.9 Å². The molecule has 2 rings (SSSR count). The van der Waals surface area contributed by atoms with Gasteiger partial charge >= 0.3 is 5.97 Å². The molecule has 0 saturated heterocycles. The van der Waals surface area contributed by atoms with Crippen LogP contribution in [0.1, 0.15) is 5.56 Å². The molecule has 21 heavy (non-hydrogen) atoms. The van der Waals surface area contributed by atoms with Crippen LogP contribution in [-0.2, 0) is 16.1 Å². The third-order valence-electron chi connectivity index (χ3n) is 3.04. The number of ether oxygens (including phenoxy) is 1. The molecular formula is C17H19NO2S. The number of benzene rings is 2. The molecule has 2 aromatic carbocycles. The van der Waals surface area contributed by atoms with Gasteiger partial charge < -0.3 is 4.74 Å². The normalized spacial score (nSPS) is 11.9. The van der Waals surface area contributed by atoms with Gasteiger partial charge in [-0.3, -0.25) is 10.1 Å². The van der Waals surface area contributed by atoms with E-state index in [1.165, 1.54) is 7.11 Å². The van der Waals surface area contributed by atoms with Gasteiger partial charge in [0, 0.05) is 17.2 Å². The molecule has 0 amide bonds. The maximum atomic E-state index is 11.9. The molecule has 3 nitrogen and oxygen atoms in total. The summed E-state index contributed by atoms with van der Waals surface area (Å²) in [6.45, 7) is 0.649. The lowest BCUT2D eigenvalue weighted by molar-refractivity contribution is -0.142. The third-order valence-corrected chi connectivity index (χ3v) is 4.15. The molecule has 0 bridgehead atoms. The van der Waals surface area contributed by atoms with E-state index in [-0.39, 0.29) is 12.0 Å². The molecule has 0 unspecified atom stereocenters. The maximum absolute atomic E-state index is 11.9. The number of carbonyl (C=O) groups is 1. The van der Waals surface area contributed by atoms with Crippen molar-refractivity contribution in [3.05, 3.63) is 66.2 Å². The second-order valence-electron chi connectivity index (χ2n) is 4.57. The Labute approximate surface area is 129 Å². The Morgan fingerprint density at radius 1 is 1.10 bits per heavy atom. The molecule has 0 heterocycles. The van der Waals surface area contributed by atoms with Crippen molar-refractivity contribution in [3.8, 4) is 0 Å². The van der Waals surface area contributed by atoms with E-state index in [0.29, 0.717) is 12.3 Å². The Morgan fingerprint density at radius 2 is 1.71 bits per heavy atom. The van der Waals surface area contributed by atoms with Crippen LogP contribution >= 0.6 is 11.8 Å². The summed E-state index contributed by atoms with van der Waals surface area (Å²) < 4.78 is 4.87. The smallest absolute Gasteiger partial charge is 0.323 e. The summed E-state index contributed by atoms with van der Waals surface area (Å²) in [7, 11) is 1.42. The van der Waals surface area contributed by atoms with Crippen LogP contribution in [0.25, 0.3) is 0 Å². The number of carbonyl (C=O) groups excluding carboxylic acids is 1. The number of esters is 1. The van der Waals surface area contributed by atoms with E-state index in [4.69, 9.17) is 4.74 Å². The zero-order chi connectivity index (χ0) is 14.9. The van der Waals surface area contributed by atoms with Crippen LogP contribution in [0.4, 0.5) is 0 Å². The van der Waals surface area contributed by atoms with Crippen LogP contribution in [-0.4, -0.2) is 24.9 Å². The Balaban J connectivity index is 1.90. The summed E-state index contributed by atoms with van der Waals surface area (Å²) >= 11 is 1.64. The highest BCUT2D eigenvalue weighted by Crippen LogP contribution is 2.18. The van der Waals surface area contributed by atoms with Crippen LogP contribution in [0.15, 0.2) is 65.6 Å². The van der Waals surface area contributed by atoms with Crippen LogP contribution < -0.4 is 5.32 Å². The molecule has 0 radical (unpaired) electrons. The van der Waals surface area contributed by atoms with Gasteiger partial charge in [-0.05, 0) is 17.7 Å². The summed E-state index contributed by atoms with van der Waals surface area (Å²) in [6.07, 6.45) is 0. The van der Waals surface area contributed by atoms with E-state index in [0.717, 1.165) is 10.5 Å². The van der Waals surface area contributed by atoms with Crippen LogP contribution in [0.5, 0.6) is 0 Å². The summed E-state index contributed by atoms with van der Waals surface area (Å²) in [5.74, 6) is 0.415. The van der Waals surface area contributed by atoms with E-state index in [1.54, 1.807) is 11.8 Å². The predicted molar refractivity (Wildman–Crippen MR) is 86.3 cm³/mol. The molecule has 4 heteroatoms. The monoisotopic (exact) mass is 301 g/mol. The van der Waals surface area contributed by atoms with Gasteiger partial charge in [-0.1, -0.05) is 48.5 Å². The molecule has 0 aliphatic heterocycles. The van der Waals surface area contributed by atoms with Gasteiger partial charge in [0.1, 0.15) is 6.04 Å². The van der Waals surface area contributed by atoms with Crippen LogP contribution in [0.3, 0.4) is 0 Å². The highest BCUT2D eigenvalue weighted by molar-refractivity contribution is 7.99. The summed E-state index contributed by atoms with van der Waals surface area (Å²) in [4.78, 5) is 13.0. The van der Waals surface area contributed by atoms with Crippen LogP contribution in [0.2, 0.25) is 0 Å². The fourth-order valence-corrected chi connectivity index (χ4v) is 2.85. The topological polar surface area (TPSA) is 38.3 Å². The minimum Gasteiger partial charge on any atom is -0.468 e. The second-order valence-corrected chi connectivity index (χ2v) is 5.66. The molecule has 1 atom stereocenters. The number of hydrogen-bond acceptors (Lipinski definition) is 4. The summed E-state index contributed by atoms with van der Waals surface area (Å²) in [5.41, 5.74) is 1.15. The molecule has 0 aliphatic carbocycles. The Bertz CT molecular complexity index is 502. The molecule has 2 aromatic rings. The Kier molecular flexibility index (Phi) is 6.31. The van der Waals surface area contributed by atoms with Crippen molar-refractivity contribution < 1.29 is 9.53 Å². The molecule has 110 valence electrons. The van der Waals surface area contributed by atoms with Crippen molar-refractivity contribution in [2.24, 2.45) is 0 Å². The Hall–Kier alpha value is -1.78. The third kappa shape index (κ3) is 5.25. The van der Waals surface area contributed by atoms with Crippen molar-refractivity contribution in [1.29, 1.82) is 0 Å². The average Bonchev–Trinajstić information content (AvgIpc) is 2.56. The minimum atomic E-state index is -0.319. The number of methoxy groups -OCH3 is 1. The first-order valence-electron chi connectivity index (χ1n) is 6.82. The average molecular weight is 301 g/mol. The first-order chi connectivity index (χ1) is 10.3. The highest BCUT2D eigenvalue weighted by Gasteiger charge is 2.18. The maximum Gasteiger partial charge on any atom is 0.323 e. The molecular weight excluding hydrogens is 282 g/mol. The quantitative estimate of drug-likeness (QED) is 0.630. The SMILES string of the molecule is COC(=O)[C@H](CSc1ccccc1)NCc1ccccc1. The van der Waals surface area contributed by atoms with Crippen molar-refractivity contribution in [1.82, 2.24) is 5.32 Å². The van der Waals surface area contributed by atoms with Gasteiger partial charge in [0.05, 0.1) is 7.11 Å². The standard InChI is InChI=1S/C17H19NO2S/c1-20-17(19)16(13-21-15-10-6-3-7-11-15)18-12-14-8-4-2-5-9-14/h2-11,16,18H,12-13H2,1H3/t16-/m0/s1. The molecule has 0 spiro atoms. The van der Waals surface area contributed by atoms with Crippen molar-refractivity contribution >= 4 is 17.7 Å². The van der Waals surface area contributed by atoms with Gasteiger partial charge in [-0.25, -0.2) is 0 Å². The Morgan fingerprint density at radius 3 is 2.33 bits per heavy atom. The van der Waals surface area contributed by atoms with E-state index >= 15 is 0 Å². The number of thioether (sulfide) groups is 1. The molecule has 0 aliphatic rings. The van der Waals surface area contributed by atoms with Gasteiger partial charge in [0.2, 0.25) is 0 Å². The van der Waals surface area contributed by atoms with Gasteiger partial charge in [0.25, 0.3) is 0 Å².